The fourth-order valence-corrected chi connectivity index (χ4v) is 2.87. The summed E-state index contributed by atoms with van der Waals surface area (Å²) < 4.78 is 51.3. The molecule has 28 heavy (non-hydrogen) atoms. The Morgan fingerprint density at radius 2 is 1.75 bits per heavy atom. The summed E-state index contributed by atoms with van der Waals surface area (Å²) in [5.74, 6) is 0.353. The lowest BCUT2D eigenvalue weighted by atomic mass is 10.0. The van der Waals surface area contributed by atoms with Gasteiger partial charge in [-0.05, 0) is 30.2 Å². The molecule has 0 aromatic heterocycles. The van der Waals surface area contributed by atoms with E-state index in [1.165, 1.54) is 24.3 Å². The lowest BCUT2D eigenvalue weighted by molar-refractivity contribution is -0.117. The van der Waals surface area contributed by atoms with Crippen molar-refractivity contribution in [3.63, 3.8) is 0 Å². The zero-order valence-corrected chi connectivity index (χ0v) is 15.3. The van der Waals surface area contributed by atoms with Crippen LogP contribution < -0.4 is 14.8 Å². The molecular weight excluding hydrogens is 371 g/mol. The van der Waals surface area contributed by atoms with E-state index in [4.69, 9.17) is 9.47 Å². The van der Waals surface area contributed by atoms with Crippen LogP contribution in [0.3, 0.4) is 0 Å². The first-order chi connectivity index (χ1) is 13.3. The van der Waals surface area contributed by atoms with Crippen LogP contribution in [0.1, 0.15) is 30.5 Å². The van der Waals surface area contributed by atoms with Gasteiger partial charge in [-0.3, -0.25) is 4.79 Å². The van der Waals surface area contributed by atoms with Crippen LogP contribution in [0.25, 0.3) is 5.57 Å². The average Bonchev–Trinajstić information content (AvgIpc) is 2.90. The normalized spacial score (nSPS) is 15.5. The maximum atomic E-state index is 13.4. The van der Waals surface area contributed by atoms with Gasteiger partial charge in [0.25, 0.3) is 0 Å². The minimum Gasteiger partial charge on any atom is -0.490 e. The largest absolute Gasteiger partial charge is 0.490 e. The number of allylic oxidation sites excluding steroid dienone is 1. The number of hydrogen-bond donors (Lipinski definition) is 1. The van der Waals surface area contributed by atoms with Gasteiger partial charge >= 0.3 is 6.18 Å². The Labute approximate surface area is 161 Å². The number of benzene rings is 2. The Hall–Kier alpha value is -2.96. The highest BCUT2D eigenvalue weighted by Crippen LogP contribution is 2.34. The van der Waals surface area contributed by atoms with Gasteiger partial charge in [-0.25, -0.2) is 0 Å². The average molecular weight is 391 g/mol. The fraction of sp³-hybridized carbons (Fsp3) is 0.286. The van der Waals surface area contributed by atoms with Crippen molar-refractivity contribution >= 4 is 11.5 Å². The second-order valence-electron chi connectivity index (χ2n) is 6.41. The maximum absolute atomic E-state index is 13.4. The van der Waals surface area contributed by atoms with E-state index in [0.717, 1.165) is 6.42 Å². The Morgan fingerprint density at radius 1 is 1.07 bits per heavy atom. The van der Waals surface area contributed by atoms with Gasteiger partial charge in [0, 0.05) is 12.5 Å². The summed E-state index contributed by atoms with van der Waals surface area (Å²) in [7, 11) is 0. The molecule has 0 bridgehead atoms. The lowest BCUT2D eigenvalue weighted by Crippen LogP contribution is -2.26. The number of carbonyl (C=O) groups is 1. The van der Waals surface area contributed by atoms with Crippen LogP contribution in [-0.2, 0) is 4.79 Å². The van der Waals surface area contributed by atoms with E-state index in [-0.39, 0.29) is 5.56 Å². The number of hydrogen-bond acceptors (Lipinski definition) is 3. The Balaban J connectivity index is 1.78. The smallest absolute Gasteiger partial charge is 0.417 e. The first-order valence-electron chi connectivity index (χ1n) is 8.89. The molecule has 148 valence electrons. The second-order valence-corrected chi connectivity index (χ2v) is 6.41. The van der Waals surface area contributed by atoms with Crippen molar-refractivity contribution in [2.75, 3.05) is 13.2 Å². The Kier molecular flexibility index (Phi) is 5.92. The van der Waals surface area contributed by atoms with Gasteiger partial charge in [0.1, 0.15) is 0 Å². The molecule has 1 aliphatic rings. The van der Waals surface area contributed by atoms with E-state index in [1.807, 2.05) is 0 Å². The molecule has 0 aliphatic carbocycles. The van der Waals surface area contributed by atoms with Crippen LogP contribution in [0.4, 0.5) is 13.2 Å². The van der Waals surface area contributed by atoms with Crippen LogP contribution in [0, 0.1) is 0 Å². The maximum Gasteiger partial charge on any atom is 0.417 e. The summed E-state index contributed by atoms with van der Waals surface area (Å²) in [5, 5.41) is 2.58. The monoisotopic (exact) mass is 391 g/mol. The molecule has 1 aliphatic heterocycles. The minimum absolute atomic E-state index is 0.0617. The van der Waals surface area contributed by atoms with Crippen molar-refractivity contribution in [1.82, 2.24) is 5.32 Å². The number of alkyl halides is 3. The number of fused-ring (bicyclic) bond motifs is 1. The predicted molar refractivity (Wildman–Crippen MR) is 99.1 cm³/mol. The molecule has 0 radical (unpaired) electrons. The third kappa shape index (κ3) is 4.85. The highest BCUT2D eigenvalue weighted by atomic mass is 19.4. The highest BCUT2D eigenvalue weighted by molar-refractivity contribution is 5.96. The first kappa shape index (κ1) is 19.8. The SMILES string of the molecule is CC(NC(=O)/C=C(/c1ccccc1)C(F)(F)F)c1ccc2c(c1)OCCCO2. The third-order valence-electron chi connectivity index (χ3n) is 4.30. The molecule has 4 nitrogen and oxygen atoms in total. The van der Waals surface area contributed by atoms with Gasteiger partial charge in [-0.2, -0.15) is 13.2 Å². The van der Waals surface area contributed by atoms with Crippen molar-refractivity contribution in [2.24, 2.45) is 0 Å². The van der Waals surface area contributed by atoms with Crippen LogP contribution in [-0.4, -0.2) is 25.3 Å². The molecule has 1 N–H and O–H groups in total. The van der Waals surface area contributed by atoms with Gasteiger partial charge in [0.05, 0.1) is 24.8 Å². The topological polar surface area (TPSA) is 47.6 Å². The first-order valence-corrected chi connectivity index (χ1v) is 8.89. The summed E-state index contributed by atoms with van der Waals surface area (Å²) >= 11 is 0. The van der Waals surface area contributed by atoms with Crippen LogP contribution >= 0.6 is 0 Å². The van der Waals surface area contributed by atoms with E-state index in [0.29, 0.717) is 36.4 Å². The van der Waals surface area contributed by atoms with Gasteiger partial charge in [0.2, 0.25) is 5.91 Å². The van der Waals surface area contributed by atoms with Crippen molar-refractivity contribution in [2.45, 2.75) is 25.6 Å². The molecule has 0 spiro atoms. The van der Waals surface area contributed by atoms with Crippen molar-refractivity contribution in [3.05, 3.63) is 65.7 Å². The van der Waals surface area contributed by atoms with Crippen LogP contribution in [0.5, 0.6) is 11.5 Å². The third-order valence-corrected chi connectivity index (χ3v) is 4.30. The van der Waals surface area contributed by atoms with Crippen molar-refractivity contribution in [3.8, 4) is 11.5 Å². The van der Waals surface area contributed by atoms with Gasteiger partial charge < -0.3 is 14.8 Å². The van der Waals surface area contributed by atoms with Gasteiger partial charge in [-0.15, -0.1) is 0 Å². The van der Waals surface area contributed by atoms with Crippen molar-refractivity contribution < 1.29 is 27.4 Å². The summed E-state index contributed by atoms with van der Waals surface area (Å²) in [6.45, 7) is 2.77. The quantitative estimate of drug-likeness (QED) is 0.771. The van der Waals surface area contributed by atoms with E-state index >= 15 is 0 Å². The van der Waals surface area contributed by atoms with E-state index < -0.39 is 23.7 Å². The predicted octanol–water partition coefficient (Wildman–Crippen LogP) is 4.67. The van der Waals surface area contributed by atoms with E-state index in [2.05, 4.69) is 5.32 Å². The summed E-state index contributed by atoms with van der Waals surface area (Å²) in [5.41, 5.74) is -0.343. The summed E-state index contributed by atoms with van der Waals surface area (Å²) in [6.07, 6.45) is -3.28. The molecule has 2 aromatic carbocycles. The van der Waals surface area contributed by atoms with E-state index in [9.17, 15) is 18.0 Å². The minimum atomic E-state index is -4.64. The number of nitrogens with one attached hydrogen (secondary N) is 1. The van der Waals surface area contributed by atoms with Gasteiger partial charge in [-0.1, -0.05) is 36.4 Å². The van der Waals surface area contributed by atoms with Crippen LogP contribution in [0.15, 0.2) is 54.6 Å². The number of halogens is 3. The molecule has 1 unspecified atom stereocenters. The molecule has 1 atom stereocenters. The Morgan fingerprint density at radius 3 is 2.43 bits per heavy atom. The second kappa shape index (κ2) is 8.37. The molecule has 2 aromatic rings. The molecule has 0 saturated heterocycles. The zero-order valence-electron chi connectivity index (χ0n) is 15.3. The molecule has 7 heteroatoms. The van der Waals surface area contributed by atoms with Gasteiger partial charge in [0.15, 0.2) is 11.5 Å². The highest BCUT2D eigenvalue weighted by Gasteiger charge is 2.35. The van der Waals surface area contributed by atoms with Crippen LogP contribution in [0.2, 0.25) is 0 Å². The molecule has 1 amide bonds. The Bertz CT molecular complexity index is 863. The standard InChI is InChI=1S/C21H20F3NO3/c1-14(16-8-9-18-19(12-16)28-11-5-10-27-18)25-20(26)13-17(21(22,23)24)15-6-3-2-4-7-15/h2-4,6-9,12-14H,5,10-11H2,1H3,(H,25,26)/b17-13-. The number of rotatable bonds is 4. The molecule has 0 fully saturated rings. The number of ether oxygens (including phenoxy) is 2. The van der Waals surface area contributed by atoms with Crippen molar-refractivity contribution in [1.29, 1.82) is 0 Å². The number of carbonyl (C=O) groups excluding carboxylic acids is 1. The summed E-state index contributed by atoms with van der Waals surface area (Å²) in [6, 6.07) is 12.0. The fourth-order valence-electron chi connectivity index (χ4n) is 2.87. The summed E-state index contributed by atoms with van der Waals surface area (Å²) in [4.78, 5) is 12.3. The zero-order chi connectivity index (χ0) is 20.1. The molecule has 3 rings (SSSR count). The lowest BCUT2D eigenvalue weighted by Gasteiger charge is -2.17. The number of amides is 1. The molecular formula is C21H20F3NO3. The van der Waals surface area contributed by atoms with E-state index in [1.54, 1.807) is 31.2 Å². The molecule has 1 heterocycles. The molecule has 0 saturated carbocycles.